The third-order valence-corrected chi connectivity index (χ3v) is 3.71. The predicted octanol–water partition coefficient (Wildman–Crippen LogP) is 1.61. The monoisotopic (exact) mass is 259 g/mol. The van der Waals surface area contributed by atoms with Gasteiger partial charge in [0.25, 0.3) is 0 Å². The van der Waals surface area contributed by atoms with Gasteiger partial charge in [-0.1, -0.05) is 13.8 Å². The summed E-state index contributed by atoms with van der Waals surface area (Å²) in [4.78, 5) is 0. The van der Waals surface area contributed by atoms with Crippen LogP contribution in [0.5, 0.6) is 0 Å². The molecule has 17 heavy (non-hydrogen) atoms. The molecule has 1 heterocycles. The van der Waals surface area contributed by atoms with Gasteiger partial charge in [0, 0.05) is 25.2 Å². The Morgan fingerprint density at radius 1 is 1.41 bits per heavy atom. The molecular weight excluding hydrogens is 238 g/mol. The number of aliphatic hydroxyl groups excluding tert-OH is 1. The number of rotatable bonds is 6. The third kappa shape index (κ3) is 4.91. The third-order valence-electron chi connectivity index (χ3n) is 2.68. The van der Waals surface area contributed by atoms with E-state index in [9.17, 15) is 13.5 Å². The standard InChI is InChI=1S/C12H21NO3S/c1-10(2)12(14)11-5-7-13(9-11)6-4-8-17(3,15)16/h5,7,9-10,12,14H,4,6,8H2,1-3H3. The highest BCUT2D eigenvalue weighted by Gasteiger charge is 2.13. The summed E-state index contributed by atoms with van der Waals surface area (Å²) in [6.07, 6.45) is 5.16. The molecule has 0 radical (unpaired) electrons. The van der Waals surface area contributed by atoms with Crippen LogP contribution < -0.4 is 0 Å². The van der Waals surface area contributed by atoms with Crippen LogP contribution in [-0.4, -0.2) is 30.1 Å². The summed E-state index contributed by atoms with van der Waals surface area (Å²) in [6.45, 7) is 4.59. The van der Waals surface area contributed by atoms with Gasteiger partial charge >= 0.3 is 0 Å². The molecule has 1 unspecified atom stereocenters. The first-order valence-electron chi connectivity index (χ1n) is 5.81. The topological polar surface area (TPSA) is 59.3 Å². The summed E-state index contributed by atoms with van der Waals surface area (Å²) in [5, 5.41) is 9.86. The van der Waals surface area contributed by atoms with Crippen LogP contribution in [0.3, 0.4) is 0 Å². The Hall–Kier alpha value is -0.810. The van der Waals surface area contributed by atoms with Crippen LogP contribution in [0.15, 0.2) is 18.5 Å². The molecule has 1 aromatic heterocycles. The molecule has 0 aliphatic heterocycles. The highest BCUT2D eigenvalue weighted by molar-refractivity contribution is 7.90. The van der Waals surface area contributed by atoms with Gasteiger partial charge in [-0.25, -0.2) is 8.42 Å². The second-order valence-corrected chi connectivity index (χ2v) is 7.11. The maximum atomic E-state index is 11.0. The second kappa shape index (κ2) is 5.69. The average Bonchev–Trinajstić information content (AvgIpc) is 2.63. The minimum atomic E-state index is -2.88. The molecular formula is C12H21NO3S. The van der Waals surface area contributed by atoms with Crippen LogP contribution in [0, 0.1) is 5.92 Å². The fourth-order valence-corrected chi connectivity index (χ4v) is 2.32. The van der Waals surface area contributed by atoms with Gasteiger partial charge in [0.2, 0.25) is 0 Å². The molecule has 0 bridgehead atoms. The quantitative estimate of drug-likeness (QED) is 0.844. The fraction of sp³-hybridized carbons (Fsp3) is 0.667. The molecule has 1 rings (SSSR count). The van der Waals surface area contributed by atoms with Gasteiger partial charge in [0.05, 0.1) is 11.9 Å². The highest BCUT2D eigenvalue weighted by atomic mass is 32.2. The van der Waals surface area contributed by atoms with Crippen molar-refractivity contribution in [3.63, 3.8) is 0 Å². The van der Waals surface area contributed by atoms with Crippen molar-refractivity contribution in [3.8, 4) is 0 Å². The van der Waals surface area contributed by atoms with Crippen LogP contribution in [0.2, 0.25) is 0 Å². The van der Waals surface area contributed by atoms with E-state index in [0.29, 0.717) is 13.0 Å². The molecule has 0 saturated heterocycles. The van der Waals surface area contributed by atoms with E-state index in [1.54, 1.807) is 0 Å². The van der Waals surface area contributed by atoms with Crippen LogP contribution in [0.4, 0.5) is 0 Å². The lowest BCUT2D eigenvalue weighted by atomic mass is 10.0. The van der Waals surface area contributed by atoms with E-state index < -0.39 is 15.9 Å². The Morgan fingerprint density at radius 2 is 2.06 bits per heavy atom. The SMILES string of the molecule is CC(C)C(O)c1ccn(CCCS(C)(=O)=O)c1. The molecule has 1 N–H and O–H groups in total. The van der Waals surface area contributed by atoms with Crippen molar-refractivity contribution in [2.45, 2.75) is 32.9 Å². The average molecular weight is 259 g/mol. The van der Waals surface area contributed by atoms with E-state index >= 15 is 0 Å². The smallest absolute Gasteiger partial charge is 0.147 e. The largest absolute Gasteiger partial charge is 0.388 e. The normalized spacial score (nSPS) is 14.2. The molecule has 0 aliphatic rings. The van der Waals surface area contributed by atoms with Gasteiger partial charge < -0.3 is 9.67 Å². The number of nitrogens with zero attached hydrogens (tertiary/aromatic N) is 1. The molecule has 98 valence electrons. The van der Waals surface area contributed by atoms with Crippen molar-refractivity contribution < 1.29 is 13.5 Å². The zero-order valence-corrected chi connectivity index (χ0v) is 11.4. The molecule has 0 fully saturated rings. The molecule has 4 nitrogen and oxygen atoms in total. The van der Waals surface area contributed by atoms with Crippen molar-refractivity contribution in [2.24, 2.45) is 5.92 Å². The molecule has 1 atom stereocenters. The number of aryl methyl sites for hydroxylation is 1. The first-order valence-corrected chi connectivity index (χ1v) is 7.87. The maximum Gasteiger partial charge on any atom is 0.147 e. The van der Waals surface area contributed by atoms with Gasteiger partial charge in [-0.05, 0) is 24.0 Å². The Bertz CT molecular complexity index is 448. The number of aromatic nitrogens is 1. The van der Waals surface area contributed by atoms with Crippen molar-refractivity contribution in [3.05, 3.63) is 24.0 Å². The van der Waals surface area contributed by atoms with E-state index in [-0.39, 0.29) is 11.7 Å². The van der Waals surface area contributed by atoms with E-state index in [0.717, 1.165) is 5.56 Å². The minimum absolute atomic E-state index is 0.182. The zero-order valence-electron chi connectivity index (χ0n) is 10.6. The molecule has 0 spiro atoms. The van der Waals surface area contributed by atoms with Crippen molar-refractivity contribution in [1.29, 1.82) is 0 Å². The zero-order chi connectivity index (χ0) is 13.1. The number of sulfone groups is 1. The Balaban J connectivity index is 2.52. The van der Waals surface area contributed by atoms with E-state index in [1.807, 2.05) is 36.9 Å². The van der Waals surface area contributed by atoms with Gasteiger partial charge in [-0.3, -0.25) is 0 Å². The molecule has 1 aromatic rings. The van der Waals surface area contributed by atoms with Crippen molar-refractivity contribution in [2.75, 3.05) is 12.0 Å². The molecule has 0 saturated carbocycles. The second-order valence-electron chi connectivity index (χ2n) is 4.85. The maximum absolute atomic E-state index is 11.0. The first-order chi connectivity index (χ1) is 7.79. The van der Waals surface area contributed by atoms with Gasteiger partial charge in [-0.2, -0.15) is 0 Å². The summed E-state index contributed by atoms with van der Waals surface area (Å²) in [5.74, 6) is 0.384. The van der Waals surface area contributed by atoms with Crippen LogP contribution in [0.1, 0.15) is 31.9 Å². The van der Waals surface area contributed by atoms with Crippen LogP contribution in [0.25, 0.3) is 0 Å². The van der Waals surface area contributed by atoms with Crippen LogP contribution >= 0.6 is 0 Å². The molecule has 0 aromatic carbocycles. The number of hydrogen-bond acceptors (Lipinski definition) is 3. The lowest BCUT2D eigenvalue weighted by Gasteiger charge is -2.12. The van der Waals surface area contributed by atoms with Crippen molar-refractivity contribution in [1.82, 2.24) is 4.57 Å². The van der Waals surface area contributed by atoms with E-state index in [1.165, 1.54) is 6.26 Å². The summed E-state index contributed by atoms with van der Waals surface area (Å²) in [7, 11) is -2.88. The fourth-order valence-electron chi connectivity index (χ4n) is 1.67. The minimum Gasteiger partial charge on any atom is -0.388 e. The highest BCUT2D eigenvalue weighted by Crippen LogP contribution is 2.21. The lowest BCUT2D eigenvalue weighted by molar-refractivity contribution is 0.127. The summed E-state index contributed by atoms with van der Waals surface area (Å²) < 4.78 is 23.9. The Kier molecular flexibility index (Phi) is 4.77. The summed E-state index contributed by atoms with van der Waals surface area (Å²) in [6, 6.07) is 1.88. The predicted molar refractivity (Wildman–Crippen MR) is 68.6 cm³/mol. The molecule has 5 heteroatoms. The summed E-state index contributed by atoms with van der Waals surface area (Å²) >= 11 is 0. The lowest BCUT2D eigenvalue weighted by Crippen LogP contribution is -2.07. The Labute approximate surface area is 103 Å². The van der Waals surface area contributed by atoms with Gasteiger partial charge in [0.15, 0.2) is 0 Å². The Morgan fingerprint density at radius 3 is 2.59 bits per heavy atom. The molecule has 0 aliphatic carbocycles. The van der Waals surface area contributed by atoms with Gasteiger partial charge in [0.1, 0.15) is 9.84 Å². The summed E-state index contributed by atoms with van der Waals surface area (Å²) in [5.41, 5.74) is 0.888. The van der Waals surface area contributed by atoms with E-state index in [2.05, 4.69) is 0 Å². The van der Waals surface area contributed by atoms with Crippen molar-refractivity contribution >= 4 is 9.84 Å². The first kappa shape index (κ1) is 14.3. The number of aliphatic hydroxyl groups is 1. The van der Waals surface area contributed by atoms with Crippen LogP contribution in [-0.2, 0) is 16.4 Å². The van der Waals surface area contributed by atoms with E-state index in [4.69, 9.17) is 0 Å². The van der Waals surface area contributed by atoms with Gasteiger partial charge in [-0.15, -0.1) is 0 Å². The molecule has 0 amide bonds. The number of hydrogen-bond donors (Lipinski definition) is 1.